The molecule has 2 nitrogen and oxygen atoms in total. The van der Waals surface area contributed by atoms with Crippen molar-refractivity contribution in [3.8, 4) is 0 Å². The molecular formula is C16H18O2. The lowest BCUT2D eigenvalue weighted by Crippen LogP contribution is -2.29. The van der Waals surface area contributed by atoms with Crippen LogP contribution in [0.1, 0.15) is 31.7 Å². The van der Waals surface area contributed by atoms with Crippen LogP contribution in [0.5, 0.6) is 0 Å². The zero-order chi connectivity index (χ0) is 13.0. The molecule has 1 aliphatic rings. The Hall–Kier alpha value is -1.83. The van der Waals surface area contributed by atoms with Gasteiger partial charge >= 0.3 is 5.97 Å². The predicted octanol–water partition coefficient (Wildman–Crippen LogP) is 3.90. The smallest absolute Gasteiger partial charge is 0.313 e. The van der Waals surface area contributed by atoms with Crippen molar-refractivity contribution in [1.29, 1.82) is 0 Å². The molecule has 18 heavy (non-hydrogen) atoms. The van der Waals surface area contributed by atoms with E-state index >= 15 is 0 Å². The predicted molar refractivity (Wildman–Crippen MR) is 73.2 cm³/mol. The first-order valence-corrected chi connectivity index (χ1v) is 6.36. The standard InChI is InChI=1S/C16H18O2/c1-2-10-16(15(17)18)11-8-14(9-12-16)13-6-4-3-5-7-13/h3-9,11H,2,10,12H2,1H3,(H,17,18). The van der Waals surface area contributed by atoms with Gasteiger partial charge < -0.3 is 5.11 Å². The summed E-state index contributed by atoms with van der Waals surface area (Å²) in [5, 5.41) is 9.40. The van der Waals surface area contributed by atoms with Crippen LogP contribution in [-0.2, 0) is 4.79 Å². The minimum absolute atomic E-state index is 0.580. The minimum Gasteiger partial charge on any atom is -0.481 e. The maximum absolute atomic E-state index is 11.4. The van der Waals surface area contributed by atoms with Crippen LogP contribution in [0, 0.1) is 5.41 Å². The van der Waals surface area contributed by atoms with Crippen molar-refractivity contribution in [1.82, 2.24) is 0 Å². The quantitative estimate of drug-likeness (QED) is 0.869. The molecule has 0 amide bonds. The highest BCUT2D eigenvalue weighted by Gasteiger charge is 2.35. The van der Waals surface area contributed by atoms with Gasteiger partial charge in [0.15, 0.2) is 0 Å². The molecule has 2 rings (SSSR count). The average Bonchev–Trinajstić information content (AvgIpc) is 2.41. The van der Waals surface area contributed by atoms with Gasteiger partial charge in [-0.15, -0.1) is 0 Å². The fraction of sp³-hybridized carbons (Fsp3) is 0.312. The summed E-state index contributed by atoms with van der Waals surface area (Å²) < 4.78 is 0. The summed E-state index contributed by atoms with van der Waals surface area (Å²) in [6, 6.07) is 10.1. The zero-order valence-electron chi connectivity index (χ0n) is 10.6. The largest absolute Gasteiger partial charge is 0.481 e. The first-order valence-electron chi connectivity index (χ1n) is 6.36. The molecule has 0 bridgehead atoms. The van der Waals surface area contributed by atoms with Crippen LogP contribution in [0.2, 0.25) is 0 Å². The summed E-state index contributed by atoms with van der Waals surface area (Å²) in [6.45, 7) is 2.02. The van der Waals surface area contributed by atoms with Crippen LogP contribution in [0.25, 0.3) is 5.57 Å². The third kappa shape index (κ3) is 2.37. The highest BCUT2D eigenvalue weighted by molar-refractivity contribution is 5.83. The summed E-state index contributed by atoms with van der Waals surface area (Å²) in [7, 11) is 0. The molecule has 1 aromatic carbocycles. The molecule has 2 heteroatoms. The van der Waals surface area contributed by atoms with Gasteiger partial charge in [0.1, 0.15) is 0 Å². The Morgan fingerprint density at radius 3 is 2.56 bits per heavy atom. The van der Waals surface area contributed by atoms with Gasteiger partial charge in [-0.2, -0.15) is 0 Å². The van der Waals surface area contributed by atoms with Crippen LogP contribution < -0.4 is 0 Å². The van der Waals surface area contributed by atoms with Crippen molar-refractivity contribution in [2.45, 2.75) is 26.2 Å². The maximum atomic E-state index is 11.4. The van der Waals surface area contributed by atoms with Gasteiger partial charge in [-0.25, -0.2) is 0 Å². The molecule has 0 saturated carbocycles. The van der Waals surface area contributed by atoms with Crippen LogP contribution in [0.3, 0.4) is 0 Å². The Morgan fingerprint density at radius 1 is 1.33 bits per heavy atom. The molecule has 1 unspecified atom stereocenters. The SMILES string of the molecule is CCCC1(C(=O)O)C=CC(c2ccccc2)=CC1. The monoisotopic (exact) mass is 242 g/mol. The highest BCUT2D eigenvalue weighted by atomic mass is 16.4. The molecule has 0 fully saturated rings. The van der Waals surface area contributed by atoms with E-state index in [4.69, 9.17) is 0 Å². The lowest BCUT2D eigenvalue weighted by Gasteiger charge is -2.27. The number of allylic oxidation sites excluding steroid dienone is 3. The maximum Gasteiger partial charge on any atom is 0.313 e. The van der Waals surface area contributed by atoms with Crippen LogP contribution in [0.4, 0.5) is 0 Å². The number of aliphatic carboxylic acids is 1. The van der Waals surface area contributed by atoms with Crippen molar-refractivity contribution in [3.05, 3.63) is 54.1 Å². The molecule has 0 saturated heterocycles. The summed E-state index contributed by atoms with van der Waals surface area (Å²) in [4.78, 5) is 11.4. The van der Waals surface area contributed by atoms with Gasteiger partial charge in [-0.1, -0.05) is 61.9 Å². The highest BCUT2D eigenvalue weighted by Crippen LogP contribution is 2.37. The first kappa shape index (κ1) is 12.6. The van der Waals surface area contributed by atoms with Crippen LogP contribution in [-0.4, -0.2) is 11.1 Å². The molecule has 0 radical (unpaired) electrons. The number of benzene rings is 1. The fourth-order valence-corrected chi connectivity index (χ4v) is 2.42. The number of rotatable bonds is 4. The van der Waals surface area contributed by atoms with Crippen LogP contribution in [0.15, 0.2) is 48.6 Å². The Kier molecular flexibility index (Phi) is 3.66. The van der Waals surface area contributed by atoms with Crippen molar-refractivity contribution in [2.24, 2.45) is 5.41 Å². The number of carboxylic acid groups (broad SMARTS) is 1. The van der Waals surface area contributed by atoms with E-state index in [2.05, 4.69) is 0 Å². The molecule has 1 atom stereocenters. The van der Waals surface area contributed by atoms with E-state index in [-0.39, 0.29) is 0 Å². The van der Waals surface area contributed by atoms with E-state index < -0.39 is 11.4 Å². The van der Waals surface area contributed by atoms with Crippen molar-refractivity contribution in [2.75, 3.05) is 0 Å². The van der Waals surface area contributed by atoms with Gasteiger partial charge in [-0.3, -0.25) is 4.79 Å². The Balaban J connectivity index is 2.22. The third-order valence-electron chi connectivity index (χ3n) is 3.50. The van der Waals surface area contributed by atoms with Crippen molar-refractivity contribution < 1.29 is 9.90 Å². The zero-order valence-corrected chi connectivity index (χ0v) is 10.6. The van der Waals surface area contributed by atoms with E-state index in [9.17, 15) is 9.90 Å². The molecule has 0 spiro atoms. The van der Waals surface area contributed by atoms with Gasteiger partial charge in [0.25, 0.3) is 0 Å². The van der Waals surface area contributed by atoms with E-state index in [1.165, 1.54) is 0 Å². The molecule has 0 aromatic heterocycles. The van der Waals surface area contributed by atoms with Gasteiger partial charge in [0, 0.05) is 0 Å². The second-order valence-electron chi connectivity index (χ2n) is 4.77. The Labute approximate surface area is 108 Å². The Bertz CT molecular complexity index is 485. The minimum atomic E-state index is -0.719. The molecule has 1 aliphatic carbocycles. The van der Waals surface area contributed by atoms with Gasteiger partial charge in [-0.05, 0) is 24.0 Å². The molecule has 94 valence electrons. The number of carbonyl (C=O) groups is 1. The molecular weight excluding hydrogens is 224 g/mol. The van der Waals surface area contributed by atoms with Crippen LogP contribution >= 0.6 is 0 Å². The normalized spacial score (nSPS) is 22.6. The van der Waals surface area contributed by atoms with E-state index in [1.54, 1.807) is 0 Å². The number of hydrogen-bond donors (Lipinski definition) is 1. The molecule has 0 aliphatic heterocycles. The lowest BCUT2D eigenvalue weighted by atomic mass is 9.76. The Morgan fingerprint density at radius 2 is 2.06 bits per heavy atom. The second-order valence-corrected chi connectivity index (χ2v) is 4.77. The number of carboxylic acids is 1. The molecule has 0 heterocycles. The second kappa shape index (κ2) is 5.21. The molecule has 1 aromatic rings. The summed E-state index contributed by atoms with van der Waals surface area (Å²) in [6.07, 6.45) is 8.00. The summed E-state index contributed by atoms with van der Waals surface area (Å²) >= 11 is 0. The topological polar surface area (TPSA) is 37.3 Å². The van der Waals surface area contributed by atoms with E-state index in [0.717, 1.165) is 17.6 Å². The van der Waals surface area contributed by atoms with Gasteiger partial charge in [0.2, 0.25) is 0 Å². The third-order valence-corrected chi connectivity index (χ3v) is 3.50. The molecule has 1 N–H and O–H groups in total. The van der Waals surface area contributed by atoms with E-state index in [0.29, 0.717) is 12.8 Å². The van der Waals surface area contributed by atoms with E-state index in [1.807, 2.05) is 55.5 Å². The number of hydrogen-bond acceptors (Lipinski definition) is 1. The fourth-order valence-electron chi connectivity index (χ4n) is 2.42. The van der Waals surface area contributed by atoms with Gasteiger partial charge in [0.05, 0.1) is 5.41 Å². The average molecular weight is 242 g/mol. The van der Waals surface area contributed by atoms with Crippen molar-refractivity contribution in [3.63, 3.8) is 0 Å². The summed E-state index contributed by atoms with van der Waals surface area (Å²) in [5.41, 5.74) is 1.56. The summed E-state index contributed by atoms with van der Waals surface area (Å²) in [5.74, 6) is -0.719. The first-order chi connectivity index (χ1) is 8.68. The lowest BCUT2D eigenvalue weighted by molar-refractivity contribution is -0.146. The van der Waals surface area contributed by atoms with Crippen molar-refractivity contribution >= 4 is 11.5 Å².